The van der Waals surface area contributed by atoms with Crippen molar-refractivity contribution in [3.63, 3.8) is 0 Å². The molecule has 23 heavy (non-hydrogen) atoms. The molecular formula is C17H26N6. The molecule has 0 radical (unpaired) electrons. The van der Waals surface area contributed by atoms with Crippen LogP contribution < -0.4 is 0 Å². The maximum atomic E-state index is 4.61. The van der Waals surface area contributed by atoms with Crippen molar-refractivity contribution in [2.45, 2.75) is 58.0 Å². The predicted octanol–water partition coefficient (Wildman–Crippen LogP) is 2.79. The molecule has 0 amide bonds. The van der Waals surface area contributed by atoms with E-state index < -0.39 is 0 Å². The number of pyridine rings is 1. The molecule has 0 N–H and O–H groups in total. The molecule has 1 aliphatic heterocycles. The van der Waals surface area contributed by atoms with Gasteiger partial charge in [-0.05, 0) is 69.3 Å². The van der Waals surface area contributed by atoms with Crippen LogP contribution in [0.5, 0.6) is 0 Å². The van der Waals surface area contributed by atoms with Crippen molar-refractivity contribution in [3.8, 4) is 0 Å². The normalized spacial score (nSPS) is 18.6. The minimum absolute atomic E-state index is 0.0172. The lowest BCUT2D eigenvalue weighted by molar-refractivity contribution is 0.205. The molecule has 1 aliphatic rings. The molecule has 0 spiro atoms. The van der Waals surface area contributed by atoms with Gasteiger partial charge in [0.15, 0.2) is 5.82 Å². The number of nitrogens with zero attached hydrogens (tertiary/aromatic N) is 6. The van der Waals surface area contributed by atoms with Crippen LogP contribution in [0.25, 0.3) is 0 Å². The average Bonchev–Trinajstić information content (AvgIpc) is 2.86. The molecule has 1 saturated heterocycles. The summed E-state index contributed by atoms with van der Waals surface area (Å²) < 4.78 is 1.94. The lowest BCUT2D eigenvalue weighted by Crippen LogP contribution is -2.36. The molecule has 0 aromatic carbocycles. The van der Waals surface area contributed by atoms with Gasteiger partial charge in [0.2, 0.25) is 0 Å². The summed E-state index contributed by atoms with van der Waals surface area (Å²) >= 11 is 0. The quantitative estimate of drug-likeness (QED) is 0.872. The zero-order chi connectivity index (χ0) is 16.3. The molecule has 2 aromatic heterocycles. The first-order chi connectivity index (χ1) is 11.1. The number of hydrogen-bond donors (Lipinski definition) is 0. The van der Waals surface area contributed by atoms with Crippen molar-refractivity contribution >= 4 is 0 Å². The Morgan fingerprint density at radius 2 is 1.78 bits per heavy atom. The highest BCUT2D eigenvalue weighted by Crippen LogP contribution is 2.30. The molecule has 3 rings (SSSR count). The maximum Gasteiger partial charge on any atom is 0.175 e. The van der Waals surface area contributed by atoms with Gasteiger partial charge in [0.05, 0.1) is 11.2 Å². The molecule has 3 heterocycles. The fourth-order valence-electron chi connectivity index (χ4n) is 3.22. The Labute approximate surface area is 137 Å². The standard InChI is InChI=1S/C17H26N6/c1-17(2,3)23-16(19-20-21-23)15(14-10-6-7-11-18-14)22-12-8-4-5-9-13-22/h6-7,10-11,15H,4-5,8-9,12-13H2,1-3H3/t15-/m0/s1. The molecule has 2 aromatic rings. The first-order valence-electron chi connectivity index (χ1n) is 8.51. The van der Waals surface area contributed by atoms with Crippen LogP contribution in [0.1, 0.15) is 64.0 Å². The van der Waals surface area contributed by atoms with Crippen molar-refractivity contribution in [2.75, 3.05) is 13.1 Å². The predicted molar refractivity (Wildman–Crippen MR) is 88.9 cm³/mol. The van der Waals surface area contributed by atoms with E-state index in [1.165, 1.54) is 25.7 Å². The summed E-state index contributed by atoms with van der Waals surface area (Å²) in [6.07, 6.45) is 6.90. The van der Waals surface area contributed by atoms with Crippen LogP contribution in [0.3, 0.4) is 0 Å². The topological polar surface area (TPSA) is 59.7 Å². The van der Waals surface area contributed by atoms with Gasteiger partial charge in [0.1, 0.15) is 6.04 Å². The second kappa shape index (κ2) is 6.74. The van der Waals surface area contributed by atoms with E-state index in [1.54, 1.807) is 0 Å². The lowest BCUT2D eigenvalue weighted by Gasteiger charge is -2.31. The second-order valence-corrected chi connectivity index (χ2v) is 7.23. The van der Waals surface area contributed by atoms with E-state index in [2.05, 4.69) is 52.2 Å². The lowest BCUT2D eigenvalue weighted by atomic mass is 10.1. The minimum Gasteiger partial charge on any atom is -0.288 e. The zero-order valence-corrected chi connectivity index (χ0v) is 14.3. The first-order valence-corrected chi connectivity index (χ1v) is 8.51. The third-order valence-electron chi connectivity index (χ3n) is 4.35. The summed E-state index contributed by atoms with van der Waals surface area (Å²) in [6, 6.07) is 6.09. The average molecular weight is 314 g/mol. The molecule has 1 atom stereocenters. The Bertz CT molecular complexity index is 608. The Balaban J connectivity index is 2.04. The molecule has 0 aliphatic carbocycles. The summed E-state index contributed by atoms with van der Waals surface area (Å²) in [6.45, 7) is 8.52. The molecule has 0 bridgehead atoms. The Kier molecular flexibility index (Phi) is 4.71. The maximum absolute atomic E-state index is 4.61. The van der Waals surface area contributed by atoms with E-state index in [0.717, 1.165) is 24.6 Å². The molecule has 1 fully saturated rings. The van der Waals surface area contributed by atoms with E-state index in [4.69, 9.17) is 0 Å². The third-order valence-corrected chi connectivity index (χ3v) is 4.35. The Hall–Kier alpha value is -1.82. The second-order valence-electron chi connectivity index (χ2n) is 7.23. The highest BCUT2D eigenvalue weighted by Gasteiger charge is 2.32. The van der Waals surface area contributed by atoms with Gasteiger partial charge in [0.25, 0.3) is 0 Å². The van der Waals surface area contributed by atoms with Gasteiger partial charge >= 0.3 is 0 Å². The molecule has 124 valence electrons. The fraction of sp³-hybridized carbons (Fsp3) is 0.647. The number of tetrazole rings is 1. The van der Waals surface area contributed by atoms with Crippen molar-refractivity contribution in [1.82, 2.24) is 30.1 Å². The van der Waals surface area contributed by atoms with Crippen LogP contribution in [0.15, 0.2) is 24.4 Å². The van der Waals surface area contributed by atoms with Crippen LogP contribution in [0.4, 0.5) is 0 Å². The molecule has 6 heteroatoms. The third kappa shape index (κ3) is 3.58. The fourth-order valence-corrected chi connectivity index (χ4v) is 3.22. The number of rotatable bonds is 3. The van der Waals surface area contributed by atoms with Crippen LogP contribution in [0, 0.1) is 0 Å². The van der Waals surface area contributed by atoms with Gasteiger partial charge in [-0.25, -0.2) is 4.68 Å². The van der Waals surface area contributed by atoms with Crippen molar-refractivity contribution in [2.24, 2.45) is 0 Å². The van der Waals surface area contributed by atoms with E-state index in [9.17, 15) is 0 Å². The smallest absolute Gasteiger partial charge is 0.175 e. The van der Waals surface area contributed by atoms with Crippen LogP contribution in [0.2, 0.25) is 0 Å². The monoisotopic (exact) mass is 314 g/mol. The van der Waals surface area contributed by atoms with Gasteiger partial charge in [-0.15, -0.1) is 5.10 Å². The van der Waals surface area contributed by atoms with E-state index in [1.807, 2.05) is 23.0 Å². The molecule has 0 saturated carbocycles. The number of hydrogen-bond acceptors (Lipinski definition) is 5. The summed E-state index contributed by atoms with van der Waals surface area (Å²) in [5.41, 5.74) is 0.868. The zero-order valence-electron chi connectivity index (χ0n) is 14.3. The van der Waals surface area contributed by atoms with Gasteiger partial charge in [-0.1, -0.05) is 18.9 Å². The Morgan fingerprint density at radius 3 is 2.39 bits per heavy atom. The van der Waals surface area contributed by atoms with Gasteiger partial charge in [0, 0.05) is 6.20 Å². The van der Waals surface area contributed by atoms with E-state index in [0.29, 0.717) is 0 Å². The number of aromatic nitrogens is 5. The molecule has 6 nitrogen and oxygen atoms in total. The Morgan fingerprint density at radius 1 is 1.04 bits per heavy atom. The van der Waals surface area contributed by atoms with Gasteiger partial charge in [-0.3, -0.25) is 9.88 Å². The first kappa shape index (κ1) is 16.1. The van der Waals surface area contributed by atoms with Crippen LogP contribution >= 0.6 is 0 Å². The molecule has 0 unspecified atom stereocenters. The SMILES string of the molecule is CC(C)(C)n1nnnc1[C@H](c1ccccn1)N1CCCCCC1. The van der Waals surface area contributed by atoms with E-state index in [-0.39, 0.29) is 11.6 Å². The highest BCUT2D eigenvalue weighted by atomic mass is 15.6. The summed E-state index contributed by atoms with van der Waals surface area (Å²) in [7, 11) is 0. The summed E-state index contributed by atoms with van der Waals surface area (Å²) in [4.78, 5) is 7.10. The molecular weight excluding hydrogens is 288 g/mol. The summed E-state index contributed by atoms with van der Waals surface area (Å²) in [5, 5.41) is 12.6. The number of likely N-dealkylation sites (tertiary alicyclic amines) is 1. The van der Waals surface area contributed by atoms with Gasteiger partial charge in [-0.2, -0.15) is 0 Å². The largest absolute Gasteiger partial charge is 0.288 e. The van der Waals surface area contributed by atoms with E-state index >= 15 is 0 Å². The minimum atomic E-state index is -0.155. The highest BCUT2D eigenvalue weighted by molar-refractivity contribution is 5.18. The van der Waals surface area contributed by atoms with Crippen molar-refractivity contribution in [3.05, 3.63) is 35.9 Å². The van der Waals surface area contributed by atoms with Gasteiger partial charge < -0.3 is 0 Å². The van der Waals surface area contributed by atoms with Crippen LogP contribution in [-0.4, -0.2) is 43.2 Å². The van der Waals surface area contributed by atoms with Crippen LogP contribution in [-0.2, 0) is 5.54 Å². The van der Waals surface area contributed by atoms with Crippen molar-refractivity contribution in [1.29, 1.82) is 0 Å². The summed E-state index contributed by atoms with van der Waals surface area (Å²) in [5.74, 6) is 0.887. The van der Waals surface area contributed by atoms with Crippen molar-refractivity contribution < 1.29 is 0 Å².